The summed E-state index contributed by atoms with van der Waals surface area (Å²) in [5, 5.41) is 12.0. The second kappa shape index (κ2) is 6.80. The number of carbonyl (C=O) groups is 2. The molecule has 6 heteroatoms. The highest BCUT2D eigenvalue weighted by Gasteiger charge is 2.13. The van der Waals surface area contributed by atoms with Crippen LogP contribution >= 0.6 is 27.7 Å². The molecule has 98 valence electrons. The number of thioether (sulfide) groups is 1. The van der Waals surface area contributed by atoms with Crippen LogP contribution in [0.15, 0.2) is 22.7 Å². The second-order valence-electron chi connectivity index (χ2n) is 3.90. The lowest BCUT2D eigenvalue weighted by Gasteiger charge is -2.09. The summed E-state index contributed by atoms with van der Waals surface area (Å²) in [6, 6.07) is 4.67. The largest absolute Gasteiger partial charge is 0.478 e. The van der Waals surface area contributed by atoms with Crippen molar-refractivity contribution in [2.24, 2.45) is 0 Å². The van der Waals surface area contributed by atoms with Crippen LogP contribution in [0.3, 0.4) is 0 Å². The highest BCUT2D eigenvalue weighted by Crippen LogP contribution is 2.22. The van der Waals surface area contributed by atoms with Gasteiger partial charge in [-0.1, -0.05) is 29.8 Å². The molecule has 0 unspecified atom stereocenters. The van der Waals surface area contributed by atoms with Crippen LogP contribution in [0.25, 0.3) is 0 Å². The van der Waals surface area contributed by atoms with Crippen LogP contribution in [-0.4, -0.2) is 28.0 Å². The Morgan fingerprint density at radius 2 is 2.11 bits per heavy atom. The normalized spacial score (nSPS) is 10.4. The van der Waals surface area contributed by atoms with E-state index in [1.165, 1.54) is 17.8 Å². The molecular weight excluding hydrogens is 318 g/mol. The minimum absolute atomic E-state index is 0.0843. The minimum Gasteiger partial charge on any atom is -0.478 e. The van der Waals surface area contributed by atoms with Crippen LogP contribution < -0.4 is 5.32 Å². The number of carboxylic acids is 1. The summed E-state index contributed by atoms with van der Waals surface area (Å²) in [4.78, 5) is 22.7. The predicted octanol–water partition coefficient (Wildman–Crippen LogP) is 3.23. The highest BCUT2D eigenvalue weighted by molar-refractivity contribution is 9.10. The molecule has 0 aliphatic heterocycles. The standard InChI is InChI=1S/C12H14BrNO3S/c1-7(2)18-6-11(15)14-10-5-8(13)3-4-9(10)12(16)17/h3-5,7H,6H2,1-2H3,(H,14,15)(H,16,17). The number of benzene rings is 1. The van der Waals surface area contributed by atoms with Gasteiger partial charge in [0.25, 0.3) is 0 Å². The number of hydrogen-bond acceptors (Lipinski definition) is 3. The Balaban J connectivity index is 2.79. The predicted molar refractivity (Wildman–Crippen MR) is 77.3 cm³/mol. The van der Waals surface area contributed by atoms with Crippen LogP contribution in [0.1, 0.15) is 24.2 Å². The average molecular weight is 332 g/mol. The quantitative estimate of drug-likeness (QED) is 0.869. The Bertz CT molecular complexity index is 463. The topological polar surface area (TPSA) is 66.4 Å². The highest BCUT2D eigenvalue weighted by atomic mass is 79.9. The molecule has 0 aliphatic rings. The number of carbonyl (C=O) groups excluding carboxylic acids is 1. The van der Waals surface area contributed by atoms with Gasteiger partial charge in [0.2, 0.25) is 5.91 Å². The fourth-order valence-corrected chi connectivity index (χ4v) is 2.15. The molecule has 0 aromatic heterocycles. The van der Waals surface area contributed by atoms with Crippen molar-refractivity contribution in [3.63, 3.8) is 0 Å². The second-order valence-corrected chi connectivity index (χ2v) is 6.38. The molecule has 0 bridgehead atoms. The molecule has 0 saturated heterocycles. The van der Waals surface area contributed by atoms with Gasteiger partial charge in [-0.3, -0.25) is 4.79 Å². The van der Waals surface area contributed by atoms with E-state index in [1.807, 2.05) is 13.8 Å². The summed E-state index contributed by atoms with van der Waals surface area (Å²) in [5.74, 6) is -0.952. The van der Waals surface area contributed by atoms with Crippen molar-refractivity contribution in [3.8, 4) is 0 Å². The van der Waals surface area contributed by atoms with E-state index in [2.05, 4.69) is 21.2 Å². The molecule has 0 saturated carbocycles. The Morgan fingerprint density at radius 1 is 1.44 bits per heavy atom. The monoisotopic (exact) mass is 331 g/mol. The molecule has 0 heterocycles. The van der Waals surface area contributed by atoms with Crippen molar-refractivity contribution in [1.82, 2.24) is 0 Å². The Labute approximate surface area is 118 Å². The van der Waals surface area contributed by atoms with Gasteiger partial charge in [0.15, 0.2) is 0 Å². The van der Waals surface area contributed by atoms with Gasteiger partial charge in [0.05, 0.1) is 17.0 Å². The van der Waals surface area contributed by atoms with Crippen LogP contribution in [0.4, 0.5) is 5.69 Å². The lowest BCUT2D eigenvalue weighted by atomic mass is 10.2. The third kappa shape index (κ3) is 4.70. The third-order valence-electron chi connectivity index (χ3n) is 2.03. The maximum absolute atomic E-state index is 11.7. The van der Waals surface area contributed by atoms with Gasteiger partial charge < -0.3 is 10.4 Å². The molecular formula is C12H14BrNO3S. The zero-order chi connectivity index (χ0) is 13.7. The molecule has 1 aromatic rings. The first-order valence-corrected chi connectivity index (χ1v) is 7.18. The van der Waals surface area contributed by atoms with E-state index in [9.17, 15) is 9.59 Å². The van der Waals surface area contributed by atoms with Crippen molar-refractivity contribution < 1.29 is 14.7 Å². The smallest absolute Gasteiger partial charge is 0.337 e. The number of nitrogens with one attached hydrogen (secondary N) is 1. The molecule has 0 fully saturated rings. The first kappa shape index (κ1) is 15.0. The summed E-state index contributed by atoms with van der Waals surface area (Å²) in [5.41, 5.74) is 0.396. The van der Waals surface area contributed by atoms with Crippen molar-refractivity contribution in [1.29, 1.82) is 0 Å². The van der Waals surface area contributed by atoms with Crippen LogP contribution in [0, 0.1) is 0 Å². The molecule has 0 atom stereocenters. The van der Waals surface area contributed by atoms with Gasteiger partial charge in [-0.2, -0.15) is 0 Å². The van der Waals surface area contributed by atoms with Gasteiger partial charge in [0.1, 0.15) is 0 Å². The molecule has 1 aromatic carbocycles. The van der Waals surface area contributed by atoms with Gasteiger partial charge in [-0.05, 0) is 23.4 Å². The maximum atomic E-state index is 11.7. The third-order valence-corrected chi connectivity index (χ3v) is 3.62. The van der Waals surface area contributed by atoms with Crippen LogP contribution in [-0.2, 0) is 4.79 Å². The number of carboxylic acid groups (broad SMARTS) is 1. The Kier molecular flexibility index (Phi) is 5.68. The van der Waals surface area contributed by atoms with Gasteiger partial charge in [0, 0.05) is 4.47 Å². The van der Waals surface area contributed by atoms with Crippen LogP contribution in [0.2, 0.25) is 0 Å². The van der Waals surface area contributed by atoms with E-state index in [-0.39, 0.29) is 11.5 Å². The molecule has 0 radical (unpaired) electrons. The Morgan fingerprint density at radius 3 is 2.67 bits per heavy atom. The van der Waals surface area contributed by atoms with E-state index in [0.717, 1.165) is 4.47 Å². The van der Waals surface area contributed by atoms with Gasteiger partial charge >= 0.3 is 5.97 Å². The molecule has 4 nitrogen and oxygen atoms in total. The van der Waals surface area contributed by atoms with E-state index in [0.29, 0.717) is 16.7 Å². The Hall–Kier alpha value is -1.01. The molecule has 0 aliphatic carbocycles. The van der Waals surface area contributed by atoms with Gasteiger partial charge in [-0.25, -0.2) is 4.79 Å². The number of anilines is 1. The number of aromatic carboxylic acids is 1. The lowest BCUT2D eigenvalue weighted by Crippen LogP contribution is -2.17. The van der Waals surface area contributed by atoms with E-state index < -0.39 is 5.97 Å². The zero-order valence-electron chi connectivity index (χ0n) is 10.1. The lowest BCUT2D eigenvalue weighted by molar-refractivity contribution is -0.113. The summed E-state index contributed by atoms with van der Waals surface area (Å²) in [7, 11) is 0. The van der Waals surface area contributed by atoms with Crippen molar-refractivity contribution in [3.05, 3.63) is 28.2 Å². The molecule has 2 N–H and O–H groups in total. The molecule has 0 spiro atoms. The fraction of sp³-hybridized carbons (Fsp3) is 0.333. The number of rotatable bonds is 5. The zero-order valence-corrected chi connectivity index (χ0v) is 12.5. The summed E-state index contributed by atoms with van der Waals surface area (Å²) < 4.78 is 0.722. The summed E-state index contributed by atoms with van der Waals surface area (Å²) in [6.07, 6.45) is 0. The van der Waals surface area contributed by atoms with E-state index in [4.69, 9.17) is 5.11 Å². The minimum atomic E-state index is -1.06. The summed E-state index contributed by atoms with van der Waals surface area (Å²) >= 11 is 4.75. The first-order chi connectivity index (χ1) is 8.40. The van der Waals surface area contributed by atoms with Crippen molar-refractivity contribution in [2.75, 3.05) is 11.1 Å². The number of halogens is 1. The first-order valence-electron chi connectivity index (χ1n) is 5.34. The van der Waals surface area contributed by atoms with E-state index >= 15 is 0 Å². The molecule has 1 amide bonds. The maximum Gasteiger partial charge on any atom is 0.337 e. The van der Waals surface area contributed by atoms with Crippen LogP contribution in [0.5, 0.6) is 0 Å². The summed E-state index contributed by atoms with van der Waals surface area (Å²) in [6.45, 7) is 4.00. The van der Waals surface area contributed by atoms with Crippen molar-refractivity contribution >= 4 is 45.3 Å². The SMILES string of the molecule is CC(C)SCC(=O)Nc1cc(Br)ccc1C(=O)O. The average Bonchev–Trinajstić information content (AvgIpc) is 2.26. The van der Waals surface area contributed by atoms with Gasteiger partial charge in [-0.15, -0.1) is 11.8 Å². The van der Waals surface area contributed by atoms with Crippen molar-refractivity contribution in [2.45, 2.75) is 19.1 Å². The fourth-order valence-electron chi connectivity index (χ4n) is 1.24. The number of amides is 1. The molecule has 18 heavy (non-hydrogen) atoms. The number of hydrogen-bond donors (Lipinski definition) is 2. The molecule has 1 rings (SSSR count). The van der Waals surface area contributed by atoms with E-state index in [1.54, 1.807) is 12.1 Å².